The van der Waals surface area contributed by atoms with Crippen molar-refractivity contribution >= 4 is 17.6 Å². The quantitative estimate of drug-likeness (QED) is 0.621. The van der Waals surface area contributed by atoms with E-state index < -0.39 is 0 Å². The summed E-state index contributed by atoms with van der Waals surface area (Å²) in [6.45, 7) is 8.11. The first-order chi connectivity index (χ1) is 15.3. The predicted octanol–water partition coefficient (Wildman–Crippen LogP) is 3.71. The maximum Gasteiger partial charge on any atom is 0.260 e. The Bertz CT molecular complexity index is 968. The number of carbonyl (C=O) groups excluding carboxylic acids is 3. The number of rotatable bonds is 7. The van der Waals surface area contributed by atoms with Gasteiger partial charge in [0.1, 0.15) is 5.75 Å². The molecule has 0 radical (unpaired) electrons. The van der Waals surface area contributed by atoms with Crippen LogP contribution in [0.3, 0.4) is 0 Å². The summed E-state index contributed by atoms with van der Waals surface area (Å²) in [7, 11) is 0. The van der Waals surface area contributed by atoms with Crippen LogP contribution in [0.25, 0.3) is 0 Å². The van der Waals surface area contributed by atoms with E-state index in [1.165, 1.54) is 0 Å². The highest BCUT2D eigenvalue weighted by molar-refractivity contribution is 5.98. The van der Waals surface area contributed by atoms with Crippen LogP contribution in [0.4, 0.5) is 0 Å². The van der Waals surface area contributed by atoms with Gasteiger partial charge in [0.05, 0.1) is 0 Å². The molecule has 0 saturated carbocycles. The lowest BCUT2D eigenvalue weighted by atomic mass is 10.0. The van der Waals surface area contributed by atoms with E-state index in [1.807, 2.05) is 51.1 Å². The van der Waals surface area contributed by atoms with Crippen molar-refractivity contribution in [2.45, 2.75) is 40.0 Å². The van der Waals surface area contributed by atoms with E-state index in [0.717, 1.165) is 22.4 Å². The van der Waals surface area contributed by atoms with Crippen LogP contribution in [-0.2, 0) is 9.59 Å². The highest BCUT2D eigenvalue weighted by Crippen LogP contribution is 2.20. The number of hydrogen-bond acceptors (Lipinski definition) is 4. The first kappa shape index (κ1) is 23.5. The third-order valence-corrected chi connectivity index (χ3v) is 6.05. The Hall–Kier alpha value is -3.15. The molecule has 0 N–H and O–H groups in total. The van der Waals surface area contributed by atoms with Crippen LogP contribution in [0.15, 0.2) is 42.5 Å². The van der Waals surface area contributed by atoms with E-state index in [9.17, 15) is 14.4 Å². The lowest BCUT2D eigenvalue weighted by Crippen LogP contribution is -2.39. The predicted molar refractivity (Wildman–Crippen MR) is 124 cm³/mol. The number of Topliss-reactive ketones (excluding diaryl/α,β-unsaturated/α-hetero) is 1. The Morgan fingerprint density at radius 2 is 1.47 bits per heavy atom. The zero-order valence-electron chi connectivity index (χ0n) is 19.2. The smallest absolute Gasteiger partial charge is 0.260 e. The maximum atomic E-state index is 12.6. The van der Waals surface area contributed by atoms with Gasteiger partial charge >= 0.3 is 0 Å². The van der Waals surface area contributed by atoms with Gasteiger partial charge < -0.3 is 14.5 Å². The third kappa shape index (κ3) is 6.19. The second kappa shape index (κ2) is 10.9. The highest BCUT2D eigenvalue weighted by atomic mass is 16.5. The van der Waals surface area contributed by atoms with Crippen LogP contribution in [0, 0.1) is 20.8 Å². The molecule has 0 aromatic heterocycles. The molecule has 170 valence electrons. The molecular weight excluding hydrogens is 404 g/mol. The summed E-state index contributed by atoms with van der Waals surface area (Å²) in [6, 6.07) is 13.2. The summed E-state index contributed by atoms with van der Waals surface area (Å²) in [5.74, 6) is 0.595. The number of nitrogens with zero attached hydrogens (tertiary/aromatic N) is 2. The molecule has 1 aliphatic rings. The van der Waals surface area contributed by atoms with Crippen molar-refractivity contribution in [2.24, 2.45) is 0 Å². The Kier molecular flexibility index (Phi) is 8.03. The van der Waals surface area contributed by atoms with Crippen molar-refractivity contribution in [3.63, 3.8) is 0 Å². The number of hydrogen-bond donors (Lipinski definition) is 0. The summed E-state index contributed by atoms with van der Waals surface area (Å²) in [4.78, 5) is 41.2. The number of benzene rings is 2. The van der Waals surface area contributed by atoms with Crippen molar-refractivity contribution in [1.29, 1.82) is 0 Å². The molecule has 0 bridgehead atoms. The third-order valence-electron chi connectivity index (χ3n) is 6.05. The summed E-state index contributed by atoms with van der Waals surface area (Å²) in [5.41, 5.74) is 3.90. The number of ether oxygens (including phenoxy) is 1. The molecule has 1 fully saturated rings. The van der Waals surface area contributed by atoms with Gasteiger partial charge in [-0.3, -0.25) is 14.4 Å². The minimum absolute atomic E-state index is 0.0106. The van der Waals surface area contributed by atoms with E-state index in [0.29, 0.717) is 38.2 Å². The number of aryl methyl sites for hydroxylation is 2. The van der Waals surface area contributed by atoms with Crippen molar-refractivity contribution in [1.82, 2.24) is 9.80 Å². The average Bonchev–Trinajstić information content (AvgIpc) is 3.05. The van der Waals surface area contributed by atoms with Crippen LogP contribution in [-0.4, -0.2) is 60.2 Å². The van der Waals surface area contributed by atoms with E-state index in [-0.39, 0.29) is 37.0 Å². The minimum atomic E-state index is -0.0743. The summed E-state index contributed by atoms with van der Waals surface area (Å²) >= 11 is 0. The summed E-state index contributed by atoms with van der Waals surface area (Å²) in [6.07, 6.45) is 1.11. The van der Waals surface area contributed by atoms with E-state index in [1.54, 1.807) is 21.9 Å². The average molecular weight is 437 g/mol. The SMILES string of the molecule is Cc1ccc(C(=O)CCC(=O)N2CCCN(C(=O)COc3cccc(C)c3C)CC2)cc1. The van der Waals surface area contributed by atoms with E-state index >= 15 is 0 Å². The Balaban J connectivity index is 1.45. The van der Waals surface area contributed by atoms with E-state index in [4.69, 9.17) is 4.74 Å². The molecule has 1 saturated heterocycles. The molecule has 6 heteroatoms. The van der Waals surface area contributed by atoms with Crippen molar-refractivity contribution < 1.29 is 19.1 Å². The van der Waals surface area contributed by atoms with Crippen molar-refractivity contribution in [3.8, 4) is 5.75 Å². The first-order valence-corrected chi connectivity index (χ1v) is 11.2. The standard InChI is InChI=1S/C26H32N2O4/c1-19-8-10-22(11-9-19)23(29)12-13-25(30)27-14-5-15-28(17-16-27)26(31)18-32-24-7-4-6-20(2)21(24)3/h4,6-11H,5,12-18H2,1-3H3. The van der Waals surface area contributed by atoms with Crippen molar-refractivity contribution in [2.75, 3.05) is 32.8 Å². The molecule has 1 heterocycles. The fourth-order valence-corrected chi connectivity index (χ4v) is 3.79. The highest BCUT2D eigenvalue weighted by Gasteiger charge is 2.23. The van der Waals surface area contributed by atoms with Crippen LogP contribution >= 0.6 is 0 Å². The van der Waals surface area contributed by atoms with Crippen LogP contribution in [0.5, 0.6) is 5.75 Å². The molecule has 2 aromatic carbocycles. The van der Waals surface area contributed by atoms with E-state index in [2.05, 4.69) is 0 Å². The Morgan fingerprint density at radius 1 is 0.812 bits per heavy atom. The van der Waals surface area contributed by atoms with Gasteiger partial charge in [0, 0.05) is 44.6 Å². The molecule has 1 aliphatic heterocycles. The van der Waals surface area contributed by atoms with Gasteiger partial charge in [0.25, 0.3) is 5.91 Å². The number of amides is 2. The number of carbonyl (C=O) groups is 3. The fraction of sp³-hybridized carbons (Fsp3) is 0.423. The van der Waals surface area contributed by atoms with Gasteiger partial charge in [0.15, 0.2) is 12.4 Å². The Morgan fingerprint density at radius 3 is 2.16 bits per heavy atom. The molecule has 0 spiro atoms. The molecule has 0 unspecified atom stereocenters. The number of ketones is 1. The topological polar surface area (TPSA) is 66.9 Å². The largest absolute Gasteiger partial charge is 0.483 e. The van der Waals surface area contributed by atoms with Crippen LogP contribution < -0.4 is 4.74 Å². The molecule has 2 aromatic rings. The van der Waals surface area contributed by atoms with Gasteiger partial charge in [-0.05, 0) is 44.4 Å². The first-order valence-electron chi connectivity index (χ1n) is 11.2. The van der Waals surface area contributed by atoms with Crippen LogP contribution in [0.1, 0.15) is 46.3 Å². The molecule has 2 amide bonds. The minimum Gasteiger partial charge on any atom is -0.483 e. The van der Waals surface area contributed by atoms with Gasteiger partial charge in [0.2, 0.25) is 5.91 Å². The maximum absolute atomic E-state index is 12.6. The molecule has 32 heavy (non-hydrogen) atoms. The van der Waals surface area contributed by atoms with Gasteiger partial charge in [-0.15, -0.1) is 0 Å². The molecular formula is C26H32N2O4. The zero-order chi connectivity index (χ0) is 23.1. The second-order valence-corrected chi connectivity index (χ2v) is 8.39. The summed E-state index contributed by atoms with van der Waals surface area (Å²) in [5, 5.41) is 0. The van der Waals surface area contributed by atoms with Gasteiger partial charge in [-0.2, -0.15) is 0 Å². The van der Waals surface area contributed by atoms with Gasteiger partial charge in [-0.25, -0.2) is 0 Å². The second-order valence-electron chi connectivity index (χ2n) is 8.39. The summed E-state index contributed by atoms with van der Waals surface area (Å²) < 4.78 is 5.75. The molecule has 3 rings (SSSR count). The monoisotopic (exact) mass is 436 g/mol. The fourth-order valence-electron chi connectivity index (χ4n) is 3.79. The van der Waals surface area contributed by atoms with Crippen molar-refractivity contribution in [3.05, 3.63) is 64.7 Å². The normalized spacial score (nSPS) is 14.1. The molecule has 0 aliphatic carbocycles. The van der Waals surface area contributed by atoms with Gasteiger partial charge in [-0.1, -0.05) is 42.0 Å². The molecule has 0 atom stereocenters. The zero-order valence-corrected chi connectivity index (χ0v) is 19.2. The lowest BCUT2D eigenvalue weighted by Gasteiger charge is -2.22. The molecule has 6 nitrogen and oxygen atoms in total. The Labute approximate surface area is 190 Å². The lowest BCUT2D eigenvalue weighted by molar-refractivity contribution is -0.134. The van der Waals surface area contributed by atoms with Crippen LogP contribution in [0.2, 0.25) is 0 Å².